The Hall–Kier alpha value is -3.08. The van der Waals surface area contributed by atoms with Gasteiger partial charge >= 0.3 is 0 Å². The van der Waals surface area contributed by atoms with Crippen LogP contribution in [0.3, 0.4) is 0 Å². The van der Waals surface area contributed by atoms with E-state index in [2.05, 4.69) is 33.1 Å². The van der Waals surface area contributed by atoms with E-state index in [1.165, 1.54) is 0 Å². The maximum Gasteiger partial charge on any atom is 0.0887 e. The average molecular weight is 335 g/mol. The Kier molecular flexibility index (Phi) is 8.50. The molecule has 0 spiro atoms. The van der Waals surface area contributed by atoms with Gasteiger partial charge in [-0.1, -0.05) is 33.1 Å². The molecular weight excluding hydrogens is 310 g/mol. The molecule has 2 aromatic heterocycles. The van der Waals surface area contributed by atoms with Gasteiger partial charge in [0.2, 0.25) is 0 Å². The zero-order valence-electron chi connectivity index (χ0n) is 15.3. The van der Waals surface area contributed by atoms with Crippen LogP contribution in [0.5, 0.6) is 0 Å². The zero-order valence-corrected chi connectivity index (χ0v) is 15.3. The molecule has 0 saturated carbocycles. The van der Waals surface area contributed by atoms with E-state index in [9.17, 15) is 0 Å². The minimum Gasteiger partial charge on any atom is -0.376 e. The second kappa shape index (κ2) is 10.6. The van der Waals surface area contributed by atoms with Crippen LogP contribution in [0, 0.1) is 0 Å². The highest BCUT2D eigenvalue weighted by Gasteiger charge is 2.02. The Balaban J connectivity index is 0.00000151. The lowest BCUT2D eigenvalue weighted by molar-refractivity contribution is 1.11. The summed E-state index contributed by atoms with van der Waals surface area (Å²) in [5, 5.41) is 0. The van der Waals surface area contributed by atoms with Crippen LogP contribution < -0.4 is 4.90 Å². The highest BCUT2D eigenvalue weighted by molar-refractivity contribution is 5.84. The molecule has 0 aliphatic carbocycles. The first-order chi connectivity index (χ1) is 12.1. The Morgan fingerprint density at radius 3 is 2.16 bits per heavy atom. The fourth-order valence-corrected chi connectivity index (χ4v) is 1.75. The van der Waals surface area contributed by atoms with Gasteiger partial charge in [-0.15, -0.1) is 0 Å². The van der Waals surface area contributed by atoms with Gasteiger partial charge < -0.3 is 4.90 Å². The van der Waals surface area contributed by atoms with E-state index < -0.39 is 0 Å². The van der Waals surface area contributed by atoms with Crippen LogP contribution in [0.25, 0.3) is 11.4 Å². The van der Waals surface area contributed by atoms with Crippen molar-refractivity contribution < 1.29 is 0 Å². The lowest BCUT2D eigenvalue weighted by Gasteiger charge is -2.11. The molecule has 25 heavy (non-hydrogen) atoms. The van der Waals surface area contributed by atoms with E-state index in [0.717, 1.165) is 22.8 Å². The highest BCUT2D eigenvalue weighted by atomic mass is 15.1. The first kappa shape index (κ1) is 20.0. The van der Waals surface area contributed by atoms with Gasteiger partial charge in [0.25, 0.3) is 0 Å². The minimum atomic E-state index is 0.551. The van der Waals surface area contributed by atoms with Gasteiger partial charge in [0.1, 0.15) is 0 Å². The molecule has 0 aliphatic heterocycles. The van der Waals surface area contributed by atoms with Crippen molar-refractivity contribution >= 4 is 23.8 Å². The molecule has 2 rings (SSSR count). The van der Waals surface area contributed by atoms with E-state index in [4.69, 9.17) is 0 Å². The third kappa shape index (κ3) is 6.51. The summed E-state index contributed by atoms with van der Waals surface area (Å²) >= 11 is 0. The van der Waals surface area contributed by atoms with Gasteiger partial charge in [-0.2, -0.15) is 0 Å². The lowest BCUT2D eigenvalue weighted by Crippen LogP contribution is -2.08. The summed E-state index contributed by atoms with van der Waals surface area (Å²) in [4.78, 5) is 19.1. The molecule has 5 nitrogen and oxygen atoms in total. The summed E-state index contributed by atoms with van der Waals surface area (Å²) in [6.07, 6.45) is 8.26. The fraction of sp³-hybridized carbons (Fsp3) is 0.200. The normalized spacial score (nSPS) is 10.4. The first-order valence-electron chi connectivity index (χ1n) is 8.08. The van der Waals surface area contributed by atoms with Gasteiger partial charge in [-0.25, -0.2) is 0 Å². The second-order valence-corrected chi connectivity index (χ2v) is 4.96. The predicted octanol–water partition coefficient (Wildman–Crippen LogP) is 4.71. The maximum absolute atomic E-state index is 4.42. The molecule has 130 valence electrons. The Labute approximate surface area is 150 Å². The summed E-state index contributed by atoms with van der Waals surface area (Å²) in [6.45, 7) is 11.3. The van der Waals surface area contributed by atoms with Crippen molar-refractivity contribution in [2.24, 2.45) is 9.98 Å². The van der Waals surface area contributed by atoms with Crippen LogP contribution in [0.2, 0.25) is 0 Å². The summed E-state index contributed by atoms with van der Waals surface area (Å²) in [5.74, 6) is 0. The zero-order chi connectivity index (χ0) is 18.7. The molecular formula is C20H25N5. The summed E-state index contributed by atoms with van der Waals surface area (Å²) in [5.41, 5.74) is 3.96. The van der Waals surface area contributed by atoms with Crippen molar-refractivity contribution in [1.29, 1.82) is 0 Å². The number of pyridine rings is 2. The first-order valence-corrected chi connectivity index (χ1v) is 8.08. The third-order valence-electron chi connectivity index (χ3n) is 2.98. The van der Waals surface area contributed by atoms with E-state index in [1.54, 1.807) is 24.7 Å². The third-order valence-corrected chi connectivity index (χ3v) is 2.98. The topological polar surface area (TPSA) is 53.7 Å². The Morgan fingerprint density at radius 2 is 1.68 bits per heavy atom. The highest BCUT2D eigenvalue weighted by Crippen LogP contribution is 2.20. The number of rotatable bonds is 6. The van der Waals surface area contributed by atoms with Crippen LogP contribution in [0.1, 0.15) is 13.8 Å². The van der Waals surface area contributed by atoms with Crippen molar-refractivity contribution in [3.05, 3.63) is 61.6 Å². The largest absolute Gasteiger partial charge is 0.376 e. The number of nitrogens with zero attached hydrogens (tertiary/aromatic N) is 5. The number of aromatic nitrogens is 2. The number of hydrogen-bond donors (Lipinski definition) is 0. The molecule has 5 heteroatoms. The van der Waals surface area contributed by atoms with Crippen LogP contribution >= 0.6 is 0 Å². The van der Waals surface area contributed by atoms with Gasteiger partial charge in [0, 0.05) is 20.3 Å². The van der Waals surface area contributed by atoms with Crippen LogP contribution in [-0.4, -0.2) is 36.5 Å². The van der Waals surface area contributed by atoms with Crippen LogP contribution in [-0.2, 0) is 0 Å². The van der Waals surface area contributed by atoms with E-state index in [1.807, 2.05) is 63.3 Å². The smallest absolute Gasteiger partial charge is 0.0887 e. The van der Waals surface area contributed by atoms with Crippen LogP contribution in [0.4, 0.5) is 11.4 Å². The average Bonchev–Trinajstić information content (AvgIpc) is 2.66. The van der Waals surface area contributed by atoms with Crippen molar-refractivity contribution in [1.82, 2.24) is 9.97 Å². The van der Waals surface area contributed by atoms with Gasteiger partial charge in [0.15, 0.2) is 0 Å². The molecule has 0 radical (unpaired) electrons. The summed E-state index contributed by atoms with van der Waals surface area (Å²) < 4.78 is 0. The number of hydrogen-bond acceptors (Lipinski definition) is 5. The summed E-state index contributed by atoms with van der Waals surface area (Å²) in [7, 11) is 3.96. The summed E-state index contributed by atoms with van der Waals surface area (Å²) in [6, 6.07) is 7.73. The van der Waals surface area contributed by atoms with Crippen LogP contribution in [0.15, 0.2) is 71.6 Å². The molecule has 0 aromatic carbocycles. The van der Waals surface area contributed by atoms with Gasteiger partial charge in [-0.3, -0.25) is 20.0 Å². The molecule has 0 fully saturated rings. The quantitative estimate of drug-likeness (QED) is 0.718. The Morgan fingerprint density at radius 1 is 1.04 bits per heavy atom. The van der Waals surface area contributed by atoms with E-state index in [0.29, 0.717) is 5.70 Å². The van der Waals surface area contributed by atoms with Crippen molar-refractivity contribution in [2.75, 3.05) is 19.0 Å². The molecule has 2 heterocycles. The van der Waals surface area contributed by atoms with Crippen molar-refractivity contribution in [3.8, 4) is 11.4 Å². The predicted molar refractivity (Wildman–Crippen MR) is 109 cm³/mol. The molecule has 0 bridgehead atoms. The molecule has 2 aromatic rings. The van der Waals surface area contributed by atoms with E-state index >= 15 is 0 Å². The minimum absolute atomic E-state index is 0.551. The lowest BCUT2D eigenvalue weighted by atomic mass is 10.2. The van der Waals surface area contributed by atoms with E-state index in [-0.39, 0.29) is 0 Å². The SMILES string of the molecule is C=CC=NC(=C)C=Nc1ccc(-c2ccc(N(C)C)cn2)nc1.CC. The molecule has 0 N–H and O–H groups in total. The molecule has 0 amide bonds. The molecule has 0 unspecified atom stereocenters. The number of anilines is 1. The number of allylic oxidation sites excluding steroid dienone is 2. The molecule has 0 atom stereocenters. The van der Waals surface area contributed by atoms with Crippen molar-refractivity contribution in [3.63, 3.8) is 0 Å². The standard InChI is InChI=1S/C18H19N5.C2H6/c1-5-10-19-14(2)11-20-15-6-8-17(21-12-15)18-9-7-16(13-22-18)23(3)4;1-2/h5-13H,1-2H2,3-4H3;1-2H3. The monoisotopic (exact) mass is 335 g/mol. The molecule has 0 aliphatic rings. The maximum atomic E-state index is 4.42. The fourth-order valence-electron chi connectivity index (χ4n) is 1.75. The Bertz CT molecular complexity index is 726. The van der Waals surface area contributed by atoms with Gasteiger partial charge in [-0.05, 0) is 24.3 Å². The number of aliphatic imine (C=N–C) groups is 2. The second-order valence-electron chi connectivity index (χ2n) is 4.96. The van der Waals surface area contributed by atoms with Gasteiger partial charge in [0.05, 0.1) is 47.1 Å². The van der Waals surface area contributed by atoms with Crippen molar-refractivity contribution in [2.45, 2.75) is 13.8 Å². The molecule has 0 saturated heterocycles.